The summed E-state index contributed by atoms with van der Waals surface area (Å²) >= 11 is 0. The molecule has 3 rings (SSSR count). The third-order valence-electron chi connectivity index (χ3n) is 5.40. The van der Waals surface area contributed by atoms with Crippen LogP contribution in [0.4, 0.5) is 11.6 Å². The summed E-state index contributed by atoms with van der Waals surface area (Å²) in [5.41, 5.74) is 23.3. The van der Waals surface area contributed by atoms with E-state index in [2.05, 4.69) is 42.3 Å². The van der Waals surface area contributed by atoms with Crippen LogP contribution >= 0.6 is 0 Å². The number of nitrogens with zero attached hydrogens (tertiary/aromatic N) is 2. The number of rotatable bonds is 6. The SMILES string of the molecule is C=C(CC)NC1(C)CCC1.C=C(c1ccc(N)c(/C=C\N)c1)c1cnc(N)nc1C. The lowest BCUT2D eigenvalue weighted by molar-refractivity contribution is 0.226. The lowest BCUT2D eigenvalue weighted by Crippen LogP contribution is -2.47. The van der Waals surface area contributed by atoms with Gasteiger partial charge in [0.15, 0.2) is 0 Å². The van der Waals surface area contributed by atoms with Gasteiger partial charge in [0.05, 0.1) is 5.69 Å². The smallest absolute Gasteiger partial charge is 0.220 e. The van der Waals surface area contributed by atoms with Gasteiger partial charge in [-0.05, 0) is 80.6 Å². The van der Waals surface area contributed by atoms with Gasteiger partial charge >= 0.3 is 0 Å². The minimum Gasteiger partial charge on any atom is -0.405 e. The summed E-state index contributed by atoms with van der Waals surface area (Å²) in [6.07, 6.45) is 9.93. The first-order chi connectivity index (χ1) is 14.2. The molecule has 0 bridgehead atoms. The van der Waals surface area contributed by atoms with Crippen LogP contribution < -0.4 is 22.5 Å². The number of aromatic nitrogens is 2. The Balaban J connectivity index is 0.000000269. The van der Waals surface area contributed by atoms with Gasteiger partial charge in [0.1, 0.15) is 0 Å². The number of hydrogen-bond donors (Lipinski definition) is 4. The molecule has 160 valence electrons. The molecule has 0 atom stereocenters. The first-order valence-corrected chi connectivity index (χ1v) is 10.2. The maximum absolute atomic E-state index is 5.89. The molecule has 6 nitrogen and oxygen atoms in total. The molecular weight excluding hydrogens is 372 g/mol. The van der Waals surface area contributed by atoms with Gasteiger partial charge in [-0.2, -0.15) is 0 Å². The van der Waals surface area contributed by atoms with Crippen LogP contribution in [-0.2, 0) is 0 Å². The molecule has 1 saturated carbocycles. The third kappa shape index (κ3) is 5.86. The molecule has 0 unspecified atom stereocenters. The zero-order valence-electron chi connectivity index (χ0n) is 18.3. The number of benzene rings is 1. The standard InChI is InChI=1S/C15H17N5.C9H17N/c1-9(13-8-19-15(18)20-10(13)2)11-3-4-14(17)12(7-11)5-6-16;1-4-8(2)10-9(3)6-5-7-9/h3-8H,1,16-17H2,2H3,(H2,18,19,20);10H,2,4-7H2,1,3H3/b6-5-;. The Morgan fingerprint density at radius 2 is 1.97 bits per heavy atom. The first-order valence-electron chi connectivity index (χ1n) is 10.2. The Morgan fingerprint density at radius 1 is 1.27 bits per heavy atom. The van der Waals surface area contributed by atoms with E-state index in [-0.39, 0.29) is 5.95 Å². The van der Waals surface area contributed by atoms with Crippen LogP contribution in [0.15, 0.2) is 49.5 Å². The van der Waals surface area contributed by atoms with E-state index >= 15 is 0 Å². The predicted molar refractivity (Wildman–Crippen MR) is 128 cm³/mol. The van der Waals surface area contributed by atoms with E-state index < -0.39 is 0 Å². The predicted octanol–water partition coefficient (Wildman–Crippen LogP) is 4.38. The molecule has 0 spiro atoms. The van der Waals surface area contributed by atoms with E-state index in [4.69, 9.17) is 17.2 Å². The molecule has 30 heavy (non-hydrogen) atoms. The maximum atomic E-state index is 5.89. The number of nitrogens with two attached hydrogens (primary N) is 3. The van der Waals surface area contributed by atoms with Crippen molar-refractivity contribution in [1.82, 2.24) is 15.3 Å². The minimum atomic E-state index is 0.253. The Hall–Kier alpha value is -3.28. The molecule has 2 aromatic rings. The van der Waals surface area contributed by atoms with Crippen molar-refractivity contribution in [3.05, 3.63) is 71.8 Å². The topological polar surface area (TPSA) is 116 Å². The van der Waals surface area contributed by atoms with Crippen molar-refractivity contribution >= 4 is 23.3 Å². The zero-order valence-corrected chi connectivity index (χ0v) is 18.3. The summed E-state index contributed by atoms with van der Waals surface area (Å²) in [7, 11) is 0. The fourth-order valence-electron chi connectivity index (χ4n) is 3.29. The van der Waals surface area contributed by atoms with Gasteiger partial charge in [-0.25, -0.2) is 9.97 Å². The first kappa shape index (κ1) is 23.0. The molecule has 1 aromatic heterocycles. The van der Waals surface area contributed by atoms with E-state index in [1.165, 1.54) is 31.2 Å². The average Bonchev–Trinajstić information content (AvgIpc) is 2.68. The van der Waals surface area contributed by atoms with Gasteiger partial charge in [-0.15, -0.1) is 0 Å². The van der Waals surface area contributed by atoms with Gasteiger partial charge in [-0.1, -0.05) is 26.1 Å². The van der Waals surface area contributed by atoms with Crippen LogP contribution in [0.25, 0.3) is 11.6 Å². The molecule has 1 heterocycles. The van der Waals surface area contributed by atoms with Crippen molar-refractivity contribution in [2.45, 2.75) is 52.0 Å². The highest BCUT2D eigenvalue weighted by molar-refractivity contribution is 5.81. The molecule has 1 fully saturated rings. The summed E-state index contributed by atoms with van der Waals surface area (Å²) < 4.78 is 0. The van der Waals surface area contributed by atoms with Crippen molar-refractivity contribution in [3.8, 4) is 0 Å². The quantitative estimate of drug-likeness (QED) is 0.529. The Labute approximate surface area is 180 Å². The fraction of sp³-hybridized carbons (Fsp3) is 0.333. The van der Waals surface area contributed by atoms with Gasteiger partial charge < -0.3 is 22.5 Å². The van der Waals surface area contributed by atoms with Crippen LogP contribution in [0.3, 0.4) is 0 Å². The Bertz CT molecular complexity index is 941. The fourth-order valence-corrected chi connectivity index (χ4v) is 3.29. The summed E-state index contributed by atoms with van der Waals surface area (Å²) in [6, 6.07) is 5.65. The number of nitrogen functional groups attached to an aromatic ring is 2. The third-order valence-corrected chi connectivity index (χ3v) is 5.40. The summed E-state index contributed by atoms with van der Waals surface area (Å²) in [4.78, 5) is 8.15. The molecule has 0 aliphatic heterocycles. The summed E-state index contributed by atoms with van der Waals surface area (Å²) in [5.74, 6) is 0.253. The largest absolute Gasteiger partial charge is 0.405 e. The average molecular weight is 407 g/mol. The molecule has 1 aliphatic rings. The zero-order chi connectivity index (χ0) is 22.3. The number of aryl methyl sites for hydroxylation is 1. The number of anilines is 2. The van der Waals surface area contributed by atoms with Crippen LogP contribution in [0, 0.1) is 6.92 Å². The molecule has 0 saturated heterocycles. The van der Waals surface area contributed by atoms with E-state index in [9.17, 15) is 0 Å². The summed E-state index contributed by atoms with van der Waals surface area (Å²) in [6.45, 7) is 14.3. The minimum absolute atomic E-state index is 0.253. The second-order valence-electron chi connectivity index (χ2n) is 7.90. The Morgan fingerprint density at radius 3 is 2.50 bits per heavy atom. The molecular formula is C24H34N6. The molecule has 6 heteroatoms. The lowest BCUT2D eigenvalue weighted by Gasteiger charge is -2.40. The molecule has 0 amide bonds. The highest BCUT2D eigenvalue weighted by atomic mass is 15.0. The van der Waals surface area contributed by atoms with Crippen LogP contribution in [0.5, 0.6) is 0 Å². The second kappa shape index (κ2) is 9.96. The monoisotopic (exact) mass is 406 g/mol. The maximum Gasteiger partial charge on any atom is 0.220 e. The van der Waals surface area contributed by atoms with Crippen molar-refractivity contribution in [3.63, 3.8) is 0 Å². The van der Waals surface area contributed by atoms with E-state index in [0.717, 1.165) is 34.4 Å². The van der Waals surface area contributed by atoms with Gasteiger partial charge in [-0.3, -0.25) is 0 Å². The van der Waals surface area contributed by atoms with Crippen molar-refractivity contribution in [2.75, 3.05) is 11.5 Å². The van der Waals surface area contributed by atoms with Crippen molar-refractivity contribution in [1.29, 1.82) is 0 Å². The van der Waals surface area contributed by atoms with E-state index in [1.54, 1.807) is 12.3 Å². The lowest BCUT2D eigenvalue weighted by atomic mass is 9.78. The number of hydrogen-bond acceptors (Lipinski definition) is 6. The van der Waals surface area contributed by atoms with Crippen LogP contribution in [0.1, 0.15) is 61.9 Å². The van der Waals surface area contributed by atoms with Gasteiger partial charge in [0.2, 0.25) is 5.95 Å². The molecule has 7 N–H and O–H groups in total. The normalized spacial score (nSPS) is 14.4. The second-order valence-corrected chi connectivity index (χ2v) is 7.90. The van der Waals surface area contributed by atoms with Crippen molar-refractivity contribution in [2.24, 2.45) is 5.73 Å². The highest BCUT2D eigenvalue weighted by Gasteiger charge is 2.31. The number of allylic oxidation sites excluding steroid dienone is 1. The van der Waals surface area contributed by atoms with Gasteiger partial charge in [0.25, 0.3) is 0 Å². The van der Waals surface area contributed by atoms with Crippen LogP contribution in [-0.4, -0.2) is 15.5 Å². The molecule has 1 aromatic carbocycles. The number of nitrogens with one attached hydrogen (secondary N) is 1. The van der Waals surface area contributed by atoms with E-state index in [1.807, 2.05) is 25.1 Å². The van der Waals surface area contributed by atoms with Crippen molar-refractivity contribution < 1.29 is 0 Å². The molecule has 0 radical (unpaired) electrons. The Kier molecular flexibility index (Phi) is 7.64. The van der Waals surface area contributed by atoms with E-state index in [0.29, 0.717) is 11.2 Å². The summed E-state index contributed by atoms with van der Waals surface area (Å²) in [5, 5.41) is 3.45. The molecule has 1 aliphatic carbocycles. The van der Waals surface area contributed by atoms with Gasteiger partial charge in [0, 0.05) is 28.7 Å². The highest BCUT2D eigenvalue weighted by Crippen LogP contribution is 2.31. The van der Waals surface area contributed by atoms with Crippen LogP contribution in [0.2, 0.25) is 0 Å².